The molecule has 3 heterocycles. The number of thiophene rings is 1. The normalized spacial score (nSPS) is 17.4. The quantitative estimate of drug-likeness (QED) is 0.882. The summed E-state index contributed by atoms with van der Waals surface area (Å²) in [6.45, 7) is 0.636. The number of carbonyl (C=O) groups excluding carboxylic acids is 1. The molecule has 0 aliphatic carbocycles. The van der Waals surface area contributed by atoms with Crippen molar-refractivity contribution < 1.29 is 9.53 Å². The summed E-state index contributed by atoms with van der Waals surface area (Å²) in [5, 5.41) is 4.96. The lowest BCUT2D eigenvalue weighted by atomic mass is 10.2. The van der Waals surface area contributed by atoms with Crippen LogP contribution in [-0.2, 0) is 6.42 Å². The van der Waals surface area contributed by atoms with E-state index in [-0.39, 0.29) is 12.0 Å². The molecule has 0 spiro atoms. The summed E-state index contributed by atoms with van der Waals surface area (Å²) in [4.78, 5) is 17.5. The first-order valence-corrected chi connectivity index (χ1v) is 9.36. The Bertz CT molecular complexity index is 593. The number of rotatable bonds is 6. The molecule has 1 saturated heterocycles. The van der Waals surface area contributed by atoms with Crippen LogP contribution in [0, 0.1) is 0 Å². The molecule has 1 N–H and O–H groups in total. The van der Waals surface area contributed by atoms with Crippen molar-refractivity contribution in [3.05, 3.63) is 46.3 Å². The molecule has 1 aliphatic rings. The number of nitrogens with one attached hydrogen (secondary N) is 1. The van der Waals surface area contributed by atoms with E-state index in [4.69, 9.17) is 4.74 Å². The Morgan fingerprint density at radius 2 is 2.36 bits per heavy atom. The van der Waals surface area contributed by atoms with E-state index in [1.807, 2.05) is 23.2 Å². The van der Waals surface area contributed by atoms with Gasteiger partial charge in [0.25, 0.3) is 5.91 Å². The summed E-state index contributed by atoms with van der Waals surface area (Å²) in [7, 11) is 0. The summed E-state index contributed by atoms with van der Waals surface area (Å²) in [5.41, 5.74) is 0.569. The molecule has 2 aromatic heterocycles. The van der Waals surface area contributed by atoms with Gasteiger partial charge >= 0.3 is 0 Å². The van der Waals surface area contributed by atoms with Crippen LogP contribution in [0.25, 0.3) is 0 Å². The molecule has 0 saturated carbocycles. The van der Waals surface area contributed by atoms with Crippen molar-refractivity contribution in [2.24, 2.45) is 0 Å². The van der Waals surface area contributed by atoms with Crippen LogP contribution in [0.15, 0.2) is 35.8 Å². The van der Waals surface area contributed by atoms with E-state index < -0.39 is 0 Å². The SMILES string of the molecule is O=C(NCCc1cccs1)c1ccc(O[C@H]2CCSC2)nc1. The van der Waals surface area contributed by atoms with Gasteiger partial charge in [-0.25, -0.2) is 4.98 Å². The third-order valence-corrected chi connectivity index (χ3v) is 5.48. The Hall–Kier alpha value is -1.53. The Balaban J connectivity index is 1.47. The smallest absolute Gasteiger partial charge is 0.252 e. The second-order valence-electron chi connectivity index (χ2n) is 5.07. The zero-order valence-electron chi connectivity index (χ0n) is 12.2. The molecule has 0 radical (unpaired) electrons. The van der Waals surface area contributed by atoms with E-state index in [1.54, 1.807) is 29.7 Å². The van der Waals surface area contributed by atoms with Crippen molar-refractivity contribution in [3.63, 3.8) is 0 Å². The average molecular weight is 334 g/mol. The number of aromatic nitrogens is 1. The first-order chi connectivity index (χ1) is 10.8. The summed E-state index contributed by atoms with van der Waals surface area (Å²) < 4.78 is 5.78. The number of nitrogens with zero attached hydrogens (tertiary/aromatic N) is 1. The van der Waals surface area contributed by atoms with E-state index in [2.05, 4.69) is 16.4 Å². The molecule has 6 heteroatoms. The van der Waals surface area contributed by atoms with Gasteiger partial charge in [-0.05, 0) is 36.1 Å². The van der Waals surface area contributed by atoms with Crippen LogP contribution in [0.1, 0.15) is 21.7 Å². The molecule has 116 valence electrons. The van der Waals surface area contributed by atoms with Gasteiger partial charge in [-0.2, -0.15) is 11.8 Å². The predicted octanol–water partition coefficient (Wildman–Crippen LogP) is 3.00. The molecule has 0 unspecified atom stereocenters. The van der Waals surface area contributed by atoms with Gasteiger partial charge in [-0.3, -0.25) is 4.79 Å². The van der Waals surface area contributed by atoms with E-state index in [9.17, 15) is 4.79 Å². The molecule has 1 atom stereocenters. The first kappa shape index (κ1) is 15.4. The maximum absolute atomic E-state index is 12.0. The molecule has 1 aliphatic heterocycles. The van der Waals surface area contributed by atoms with Gasteiger partial charge in [-0.1, -0.05) is 6.07 Å². The van der Waals surface area contributed by atoms with Gasteiger partial charge in [0.15, 0.2) is 0 Å². The number of hydrogen-bond acceptors (Lipinski definition) is 5. The van der Waals surface area contributed by atoms with Crippen LogP contribution in [0.5, 0.6) is 5.88 Å². The minimum Gasteiger partial charge on any atom is -0.473 e. The number of hydrogen-bond donors (Lipinski definition) is 1. The first-order valence-electron chi connectivity index (χ1n) is 7.32. The standard InChI is InChI=1S/C16H18N2O2S2/c19-16(17-7-5-14-2-1-8-22-14)12-3-4-15(18-10-12)20-13-6-9-21-11-13/h1-4,8,10,13H,5-7,9,11H2,(H,17,19)/t13-/m0/s1. The summed E-state index contributed by atoms with van der Waals surface area (Å²) in [6.07, 6.45) is 3.76. The van der Waals surface area contributed by atoms with Crippen molar-refractivity contribution in [1.82, 2.24) is 10.3 Å². The molecule has 0 aromatic carbocycles. The van der Waals surface area contributed by atoms with E-state index in [1.165, 1.54) is 4.88 Å². The molecule has 0 bridgehead atoms. The Morgan fingerprint density at radius 1 is 1.41 bits per heavy atom. The van der Waals surface area contributed by atoms with Gasteiger partial charge in [-0.15, -0.1) is 11.3 Å². The largest absolute Gasteiger partial charge is 0.473 e. The zero-order valence-corrected chi connectivity index (χ0v) is 13.8. The Labute approximate surface area is 138 Å². The molecular formula is C16H18N2O2S2. The van der Waals surface area contributed by atoms with E-state index in [0.29, 0.717) is 18.0 Å². The van der Waals surface area contributed by atoms with Crippen molar-refractivity contribution in [2.75, 3.05) is 18.1 Å². The van der Waals surface area contributed by atoms with Crippen molar-refractivity contribution in [3.8, 4) is 5.88 Å². The number of amides is 1. The van der Waals surface area contributed by atoms with E-state index >= 15 is 0 Å². The second kappa shape index (κ2) is 7.65. The second-order valence-corrected chi connectivity index (χ2v) is 7.26. The molecule has 2 aromatic rings. The highest BCUT2D eigenvalue weighted by Gasteiger charge is 2.17. The van der Waals surface area contributed by atoms with Gasteiger partial charge in [0.05, 0.1) is 5.56 Å². The summed E-state index contributed by atoms with van der Waals surface area (Å²) in [6, 6.07) is 7.64. The van der Waals surface area contributed by atoms with Gasteiger partial charge in [0.1, 0.15) is 6.10 Å². The highest BCUT2D eigenvalue weighted by Crippen LogP contribution is 2.21. The maximum atomic E-state index is 12.0. The van der Waals surface area contributed by atoms with Gasteiger partial charge < -0.3 is 10.1 Å². The summed E-state index contributed by atoms with van der Waals surface area (Å²) >= 11 is 3.61. The fraction of sp³-hybridized carbons (Fsp3) is 0.375. The highest BCUT2D eigenvalue weighted by molar-refractivity contribution is 7.99. The fourth-order valence-electron chi connectivity index (χ4n) is 2.22. The number of carbonyl (C=O) groups is 1. The molecule has 22 heavy (non-hydrogen) atoms. The van der Waals surface area contributed by atoms with Crippen molar-refractivity contribution >= 4 is 29.0 Å². The highest BCUT2D eigenvalue weighted by atomic mass is 32.2. The molecule has 1 fully saturated rings. The molecule has 3 rings (SSSR count). The van der Waals surface area contributed by atoms with Crippen LogP contribution in [0.4, 0.5) is 0 Å². The third-order valence-electron chi connectivity index (χ3n) is 3.41. The van der Waals surface area contributed by atoms with Crippen molar-refractivity contribution in [2.45, 2.75) is 18.9 Å². The lowest BCUT2D eigenvalue weighted by Crippen LogP contribution is -2.25. The monoisotopic (exact) mass is 334 g/mol. The minimum absolute atomic E-state index is 0.0907. The maximum Gasteiger partial charge on any atom is 0.252 e. The molecule has 4 nitrogen and oxygen atoms in total. The number of thioether (sulfide) groups is 1. The van der Waals surface area contributed by atoms with Crippen LogP contribution in [0.3, 0.4) is 0 Å². The third kappa shape index (κ3) is 4.24. The Kier molecular flexibility index (Phi) is 5.34. The topological polar surface area (TPSA) is 51.2 Å². The lowest BCUT2D eigenvalue weighted by Gasteiger charge is -2.11. The molecule has 1 amide bonds. The van der Waals surface area contributed by atoms with Crippen LogP contribution < -0.4 is 10.1 Å². The minimum atomic E-state index is -0.0907. The molecular weight excluding hydrogens is 316 g/mol. The van der Waals surface area contributed by atoms with Crippen molar-refractivity contribution in [1.29, 1.82) is 0 Å². The van der Waals surface area contributed by atoms with Crippen LogP contribution >= 0.6 is 23.1 Å². The Morgan fingerprint density at radius 3 is 3.05 bits per heavy atom. The number of ether oxygens (including phenoxy) is 1. The average Bonchev–Trinajstić information content (AvgIpc) is 3.21. The van der Waals surface area contributed by atoms with Gasteiger partial charge in [0, 0.05) is 29.4 Å². The summed E-state index contributed by atoms with van der Waals surface area (Å²) in [5.74, 6) is 2.68. The fourth-order valence-corrected chi connectivity index (χ4v) is 4.02. The van der Waals surface area contributed by atoms with Gasteiger partial charge in [0.2, 0.25) is 5.88 Å². The van der Waals surface area contributed by atoms with Crippen LogP contribution in [0.2, 0.25) is 0 Å². The zero-order chi connectivity index (χ0) is 15.2. The number of pyridine rings is 1. The van der Waals surface area contributed by atoms with E-state index in [0.717, 1.165) is 24.3 Å². The lowest BCUT2D eigenvalue weighted by molar-refractivity contribution is 0.0953. The predicted molar refractivity (Wildman–Crippen MR) is 91.0 cm³/mol. The van der Waals surface area contributed by atoms with Crippen LogP contribution in [-0.4, -0.2) is 35.0 Å².